The maximum atomic E-state index is 12.3. The maximum Gasteiger partial charge on any atom is 0.140 e. The van der Waals surface area contributed by atoms with Gasteiger partial charge in [0.05, 0.1) is 0 Å². The Morgan fingerprint density at radius 2 is 1.50 bits per heavy atom. The lowest BCUT2D eigenvalue weighted by atomic mass is 9.78. The number of hydrogen-bond donors (Lipinski definition) is 0. The highest BCUT2D eigenvalue weighted by Crippen LogP contribution is 2.34. The number of aryl methyl sites for hydroxylation is 2. The van der Waals surface area contributed by atoms with Crippen molar-refractivity contribution in [3.05, 3.63) is 33.9 Å². The molecule has 0 aliphatic heterocycles. The Labute approximate surface area is 112 Å². The summed E-state index contributed by atoms with van der Waals surface area (Å²) >= 11 is 0. The third-order valence-electron chi connectivity index (χ3n) is 4.10. The van der Waals surface area contributed by atoms with Crippen LogP contribution < -0.4 is 0 Å². The Morgan fingerprint density at radius 1 is 1.06 bits per heavy atom. The molecule has 0 bridgehead atoms. The van der Waals surface area contributed by atoms with Crippen LogP contribution >= 0.6 is 0 Å². The maximum absolute atomic E-state index is 12.3. The van der Waals surface area contributed by atoms with E-state index in [0.29, 0.717) is 18.1 Å². The predicted octanol–water partition coefficient (Wildman–Crippen LogP) is 4.64. The van der Waals surface area contributed by atoms with Crippen molar-refractivity contribution < 1.29 is 4.79 Å². The van der Waals surface area contributed by atoms with Gasteiger partial charge in [0.25, 0.3) is 0 Å². The van der Waals surface area contributed by atoms with Crippen molar-refractivity contribution in [3.63, 3.8) is 0 Å². The fourth-order valence-corrected chi connectivity index (χ4v) is 2.80. The van der Waals surface area contributed by atoms with Gasteiger partial charge in [-0.3, -0.25) is 4.79 Å². The lowest BCUT2D eigenvalue weighted by Gasteiger charge is -2.26. The molecule has 1 nitrogen and oxygen atoms in total. The number of benzene rings is 1. The predicted molar refractivity (Wildman–Crippen MR) is 78.3 cm³/mol. The highest BCUT2D eigenvalue weighted by Gasteiger charge is 2.26. The van der Waals surface area contributed by atoms with Crippen molar-refractivity contribution in [2.45, 2.75) is 60.8 Å². The number of carbonyl (C=O) groups is 1. The molecule has 1 aromatic carbocycles. The van der Waals surface area contributed by atoms with Crippen molar-refractivity contribution in [2.75, 3.05) is 0 Å². The summed E-state index contributed by atoms with van der Waals surface area (Å²) in [5.41, 5.74) is 6.44. The van der Waals surface area contributed by atoms with Gasteiger partial charge in [-0.1, -0.05) is 26.8 Å². The zero-order chi connectivity index (χ0) is 14.0. The summed E-state index contributed by atoms with van der Waals surface area (Å²) in [6, 6.07) is 2.22. The quantitative estimate of drug-likeness (QED) is 0.756. The molecule has 1 aromatic rings. The largest absolute Gasteiger partial charge is 0.299 e. The molecule has 0 aromatic heterocycles. The SMILES string of the molecule is CCC(=O)C(c1c(C)c(C)cc(C)c1C)C(C)C. The summed E-state index contributed by atoms with van der Waals surface area (Å²) in [6.07, 6.45) is 0.620. The van der Waals surface area contributed by atoms with Crippen LogP contribution in [0.25, 0.3) is 0 Å². The Kier molecular flexibility index (Phi) is 4.72. The summed E-state index contributed by atoms with van der Waals surface area (Å²) in [4.78, 5) is 12.3. The first kappa shape index (κ1) is 14.9. The molecule has 0 aliphatic carbocycles. The highest BCUT2D eigenvalue weighted by atomic mass is 16.1. The molecular weight excluding hydrogens is 220 g/mol. The van der Waals surface area contributed by atoms with Gasteiger partial charge < -0.3 is 0 Å². The fourth-order valence-electron chi connectivity index (χ4n) is 2.80. The van der Waals surface area contributed by atoms with Gasteiger partial charge in [0.2, 0.25) is 0 Å². The van der Waals surface area contributed by atoms with E-state index in [1.165, 1.54) is 27.8 Å². The van der Waals surface area contributed by atoms with E-state index in [0.717, 1.165) is 0 Å². The lowest BCUT2D eigenvalue weighted by Crippen LogP contribution is -2.20. The molecule has 1 rings (SSSR count). The summed E-state index contributed by atoms with van der Waals surface area (Å²) in [7, 11) is 0. The van der Waals surface area contributed by atoms with E-state index in [4.69, 9.17) is 0 Å². The zero-order valence-corrected chi connectivity index (χ0v) is 12.8. The van der Waals surface area contributed by atoms with Crippen LogP contribution in [0.5, 0.6) is 0 Å². The standard InChI is InChI=1S/C17H26O/c1-8-15(18)16(10(2)3)17-13(6)11(4)9-12(5)14(17)7/h9-10,16H,8H2,1-7H3. The van der Waals surface area contributed by atoms with Crippen LogP contribution in [0.3, 0.4) is 0 Å². The van der Waals surface area contributed by atoms with E-state index in [2.05, 4.69) is 47.6 Å². The average Bonchev–Trinajstić information content (AvgIpc) is 2.30. The van der Waals surface area contributed by atoms with Gasteiger partial charge in [-0.25, -0.2) is 0 Å². The third kappa shape index (κ3) is 2.66. The van der Waals surface area contributed by atoms with E-state index in [1.807, 2.05) is 6.92 Å². The molecule has 0 spiro atoms. The van der Waals surface area contributed by atoms with Crippen molar-refractivity contribution in [1.82, 2.24) is 0 Å². The van der Waals surface area contributed by atoms with Crippen LogP contribution in [-0.4, -0.2) is 5.78 Å². The monoisotopic (exact) mass is 246 g/mol. The minimum Gasteiger partial charge on any atom is -0.299 e. The smallest absolute Gasteiger partial charge is 0.140 e. The van der Waals surface area contributed by atoms with Gasteiger partial charge in [-0.05, 0) is 61.4 Å². The van der Waals surface area contributed by atoms with Gasteiger partial charge in [0.1, 0.15) is 5.78 Å². The van der Waals surface area contributed by atoms with E-state index < -0.39 is 0 Å². The van der Waals surface area contributed by atoms with E-state index in [9.17, 15) is 4.79 Å². The molecule has 0 saturated carbocycles. The first-order chi connectivity index (χ1) is 8.31. The number of ketones is 1. The number of rotatable bonds is 4. The highest BCUT2D eigenvalue weighted by molar-refractivity contribution is 5.86. The first-order valence-corrected chi connectivity index (χ1v) is 6.91. The van der Waals surface area contributed by atoms with Crippen molar-refractivity contribution in [2.24, 2.45) is 5.92 Å². The van der Waals surface area contributed by atoms with Gasteiger partial charge in [-0.15, -0.1) is 0 Å². The minimum atomic E-state index is 0.0496. The number of Topliss-reactive ketones (excluding diaryl/α,β-unsaturated/α-hetero) is 1. The Balaban J connectivity index is 3.50. The molecule has 18 heavy (non-hydrogen) atoms. The van der Waals surface area contributed by atoms with Gasteiger partial charge in [-0.2, -0.15) is 0 Å². The summed E-state index contributed by atoms with van der Waals surface area (Å²) in [6.45, 7) is 14.8. The minimum absolute atomic E-state index is 0.0496. The molecule has 1 unspecified atom stereocenters. The Hall–Kier alpha value is -1.11. The van der Waals surface area contributed by atoms with Crippen LogP contribution in [0.2, 0.25) is 0 Å². The van der Waals surface area contributed by atoms with Crippen LogP contribution in [0.4, 0.5) is 0 Å². The second-order valence-corrected chi connectivity index (χ2v) is 5.72. The second kappa shape index (κ2) is 5.69. The van der Waals surface area contributed by atoms with Gasteiger partial charge in [0.15, 0.2) is 0 Å². The van der Waals surface area contributed by atoms with Crippen LogP contribution in [0.15, 0.2) is 6.07 Å². The van der Waals surface area contributed by atoms with Crippen molar-refractivity contribution >= 4 is 5.78 Å². The van der Waals surface area contributed by atoms with E-state index in [-0.39, 0.29) is 5.92 Å². The lowest BCUT2D eigenvalue weighted by molar-refractivity contribution is -0.121. The molecule has 0 heterocycles. The molecule has 0 aliphatic rings. The first-order valence-electron chi connectivity index (χ1n) is 6.91. The summed E-state index contributed by atoms with van der Waals surface area (Å²) in [5, 5.41) is 0. The van der Waals surface area contributed by atoms with Gasteiger partial charge >= 0.3 is 0 Å². The Morgan fingerprint density at radius 3 is 1.83 bits per heavy atom. The molecule has 0 fully saturated rings. The van der Waals surface area contributed by atoms with Crippen LogP contribution in [-0.2, 0) is 4.79 Å². The van der Waals surface area contributed by atoms with Crippen molar-refractivity contribution in [3.8, 4) is 0 Å². The Bertz CT molecular complexity index is 429. The summed E-state index contributed by atoms with van der Waals surface area (Å²) in [5.74, 6) is 0.769. The molecule has 0 radical (unpaired) electrons. The van der Waals surface area contributed by atoms with E-state index in [1.54, 1.807) is 0 Å². The van der Waals surface area contributed by atoms with Gasteiger partial charge in [0, 0.05) is 12.3 Å². The van der Waals surface area contributed by atoms with Crippen LogP contribution in [0.1, 0.15) is 60.9 Å². The second-order valence-electron chi connectivity index (χ2n) is 5.72. The molecular formula is C17H26O. The van der Waals surface area contributed by atoms with Crippen LogP contribution in [0, 0.1) is 33.6 Å². The molecule has 0 N–H and O–H groups in total. The molecule has 0 saturated heterocycles. The number of hydrogen-bond acceptors (Lipinski definition) is 1. The van der Waals surface area contributed by atoms with Crippen molar-refractivity contribution in [1.29, 1.82) is 0 Å². The van der Waals surface area contributed by atoms with E-state index >= 15 is 0 Å². The fraction of sp³-hybridized carbons (Fsp3) is 0.588. The molecule has 1 heteroatoms. The zero-order valence-electron chi connectivity index (χ0n) is 12.8. The topological polar surface area (TPSA) is 17.1 Å². The molecule has 100 valence electrons. The molecule has 0 amide bonds. The summed E-state index contributed by atoms with van der Waals surface area (Å²) < 4.78 is 0. The third-order valence-corrected chi connectivity index (χ3v) is 4.10. The number of carbonyl (C=O) groups excluding carboxylic acids is 1. The average molecular weight is 246 g/mol. The molecule has 1 atom stereocenters. The normalized spacial score (nSPS) is 12.9.